The Morgan fingerprint density at radius 1 is 1.57 bits per heavy atom. The minimum absolute atomic E-state index is 0.193. The molecule has 1 N–H and O–H groups in total. The van der Waals surface area contributed by atoms with Gasteiger partial charge in [-0.25, -0.2) is 4.98 Å². The molecule has 1 saturated carbocycles. The van der Waals surface area contributed by atoms with E-state index in [-0.39, 0.29) is 11.7 Å². The van der Waals surface area contributed by atoms with E-state index in [1.54, 1.807) is 6.20 Å². The summed E-state index contributed by atoms with van der Waals surface area (Å²) in [6, 6.07) is 0. The fourth-order valence-corrected chi connectivity index (χ4v) is 2.58. The number of aliphatic hydroxyl groups excluding tert-OH is 1. The molecule has 0 saturated heterocycles. The lowest BCUT2D eigenvalue weighted by Crippen LogP contribution is -2.25. The molecule has 0 aromatic carbocycles. The molecule has 1 aromatic rings. The van der Waals surface area contributed by atoms with Gasteiger partial charge in [0.2, 0.25) is 0 Å². The number of nitrogens with zero attached hydrogens (tertiary/aromatic N) is 1. The quantitative estimate of drug-likeness (QED) is 0.813. The van der Waals surface area contributed by atoms with E-state index in [1.165, 1.54) is 11.3 Å². The number of thiazole rings is 1. The average molecular weight is 211 g/mol. The normalized spacial score (nSPS) is 24.9. The second-order valence-corrected chi connectivity index (χ2v) is 4.56. The van der Waals surface area contributed by atoms with E-state index in [1.807, 2.05) is 5.38 Å². The Morgan fingerprint density at radius 3 is 3.07 bits per heavy atom. The van der Waals surface area contributed by atoms with Crippen LogP contribution in [0.5, 0.6) is 0 Å². The van der Waals surface area contributed by atoms with Crippen LogP contribution in [-0.4, -0.2) is 15.9 Å². The number of Topliss-reactive ketones (excluding diaryl/α,β-unsaturated/α-hetero) is 1. The Kier molecular flexibility index (Phi) is 2.93. The second kappa shape index (κ2) is 4.19. The highest BCUT2D eigenvalue weighted by Gasteiger charge is 2.31. The first-order chi connectivity index (χ1) is 6.79. The second-order valence-electron chi connectivity index (χ2n) is 3.63. The number of rotatable bonds is 2. The topological polar surface area (TPSA) is 50.2 Å². The van der Waals surface area contributed by atoms with Crippen LogP contribution in [0, 0.1) is 5.92 Å². The molecule has 0 amide bonds. The third-order valence-corrected chi connectivity index (χ3v) is 3.53. The molecule has 3 nitrogen and oxygen atoms in total. The molecule has 1 fully saturated rings. The van der Waals surface area contributed by atoms with Crippen LogP contribution in [-0.2, 0) is 4.79 Å². The van der Waals surface area contributed by atoms with E-state index in [0.717, 1.165) is 19.3 Å². The summed E-state index contributed by atoms with van der Waals surface area (Å²) in [4.78, 5) is 15.6. The molecule has 2 unspecified atom stereocenters. The lowest BCUT2D eigenvalue weighted by Gasteiger charge is -2.23. The van der Waals surface area contributed by atoms with Crippen LogP contribution >= 0.6 is 11.3 Å². The Labute approximate surface area is 86.8 Å². The van der Waals surface area contributed by atoms with Gasteiger partial charge in [0, 0.05) is 18.0 Å². The van der Waals surface area contributed by atoms with Crippen molar-refractivity contribution in [1.82, 2.24) is 4.98 Å². The highest BCUT2D eigenvalue weighted by molar-refractivity contribution is 7.09. The van der Waals surface area contributed by atoms with Gasteiger partial charge in [-0.15, -0.1) is 11.3 Å². The van der Waals surface area contributed by atoms with Crippen molar-refractivity contribution in [3.63, 3.8) is 0 Å². The molecule has 1 heterocycles. The molecule has 0 radical (unpaired) electrons. The van der Waals surface area contributed by atoms with Crippen LogP contribution in [0.3, 0.4) is 0 Å². The third-order valence-electron chi connectivity index (χ3n) is 2.69. The van der Waals surface area contributed by atoms with Gasteiger partial charge < -0.3 is 5.11 Å². The summed E-state index contributed by atoms with van der Waals surface area (Å²) in [5.74, 6) is -0.0196. The summed E-state index contributed by atoms with van der Waals surface area (Å²) in [6.45, 7) is 0. The van der Waals surface area contributed by atoms with E-state index in [0.29, 0.717) is 11.4 Å². The number of ketones is 1. The Bertz CT molecular complexity index is 310. The summed E-state index contributed by atoms with van der Waals surface area (Å²) in [5.41, 5.74) is 0. The third kappa shape index (κ3) is 1.86. The van der Waals surface area contributed by atoms with Crippen molar-refractivity contribution in [3.05, 3.63) is 16.6 Å². The van der Waals surface area contributed by atoms with Crippen molar-refractivity contribution in [2.45, 2.75) is 31.8 Å². The standard InChI is InChI=1S/C10H13NO2S/c12-8-4-2-1-3-7(8)9(13)10-11-5-6-14-10/h5-7,9,13H,1-4H2. The smallest absolute Gasteiger partial charge is 0.139 e. The molecule has 0 bridgehead atoms. The molecule has 2 rings (SSSR count). The highest BCUT2D eigenvalue weighted by Crippen LogP contribution is 2.32. The average Bonchev–Trinajstić information content (AvgIpc) is 2.70. The maximum atomic E-state index is 11.5. The molecule has 1 aliphatic rings. The zero-order valence-corrected chi connectivity index (χ0v) is 8.67. The van der Waals surface area contributed by atoms with Crippen LogP contribution in [0.2, 0.25) is 0 Å². The van der Waals surface area contributed by atoms with Gasteiger partial charge in [0.25, 0.3) is 0 Å². The summed E-state index contributed by atoms with van der Waals surface area (Å²) >= 11 is 1.41. The van der Waals surface area contributed by atoms with Gasteiger partial charge in [-0.2, -0.15) is 0 Å². The van der Waals surface area contributed by atoms with Crippen LogP contribution in [0.25, 0.3) is 0 Å². The van der Waals surface area contributed by atoms with E-state index < -0.39 is 6.10 Å². The van der Waals surface area contributed by atoms with Crippen molar-refractivity contribution in [2.75, 3.05) is 0 Å². The Hall–Kier alpha value is -0.740. The molecular formula is C10H13NO2S. The van der Waals surface area contributed by atoms with Crippen molar-refractivity contribution < 1.29 is 9.90 Å². The highest BCUT2D eigenvalue weighted by atomic mass is 32.1. The van der Waals surface area contributed by atoms with E-state index in [2.05, 4.69) is 4.98 Å². The van der Waals surface area contributed by atoms with Crippen molar-refractivity contribution in [3.8, 4) is 0 Å². The Morgan fingerprint density at radius 2 is 2.43 bits per heavy atom. The predicted molar refractivity (Wildman–Crippen MR) is 54.0 cm³/mol. The van der Waals surface area contributed by atoms with Crippen molar-refractivity contribution in [2.24, 2.45) is 5.92 Å². The molecule has 0 aliphatic heterocycles. The minimum Gasteiger partial charge on any atom is -0.385 e. The van der Waals surface area contributed by atoms with Gasteiger partial charge in [-0.1, -0.05) is 6.42 Å². The van der Waals surface area contributed by atoms with Gasteiger partial charge in [-0.3, -0.25) is 4.79 Å². The van der Waals surface area contributed by atoms with Crippen molar-refractivity contribution in [1.29, 1.82) is 0 Å². The predicted octanol–water partition coefficient (Wildman–Crippen LogP) is 1.94. The number of aromatic nitrogens is 1. The maximum absolute atomic E-state index is 11.5. The SMILES string of the molecule is O=C1CCCCC1C(O)c1nccs1. The molecule has 2 atom stereocenters. The number of carbonyl (C=O) groups is 1. The lowest BCUT2D eigenvalue weighted by atomic mass is 9.84. The number of hydrogen-bond donors (Lipinski definition) is 1. The van der Waals surface area contributed by atoms with Crippen LogP contribution in [0.4, 0.5) is 0 Å². The molecule has 1 aliphatic carbocycles. The molecule has 76 valence electrons. The minimum atomic E-state index is -0.678. The first-order valence-electron chi connectivity index (χ1n) is 4.89. The summed E-state index contributed by atoms with van der Waals surface area (Å²) < 4.78 is 0. The van der Waals surface area contributed by atoms with Gasteiger partial charge in [0.15, 0.2) is 0 Å². The fraction of sp³-hybridized carbons (Fsp3) is 0.600. The first-order valence-corrected chi connectivity index (χ1v) is 5.77. The lowest BCUT2D eigenvalue weighted by molar-refractivity contribution is -0.128. The van der Waals surface area contributed by atoms with Crippen molar-refractivity contribution >= 4 is 17.1 Å². The fourth-order valence-electron chi connectivity index (χ4n) is 1.90. The monoisotopic (exact) mass is 211 g/mol. The summed E-state index contributed by atoms with van der Waals surface area (Å²) in [5, 5.41) is 12.4. The van der Waals surface area contributed by atoms with Crippen LogP contribution in [0.15, 0.2) is 11.6 Å². The zero-order valence-electron chi connectivity index (χ0n) is 7.85. The van der Waals surface area contributed by atoms with E-state index >= 15 is 0 Å². The zero-order chi connectivity index (χ0) is 9.97. The molecule has 1 aromatic heterocycles. The van der Waals surface area contributed by atoms with Gasteiger partial charge in [0.1, 0.15) is 16.9 Å². The first kappa shape index (κ1) is 9.80. The van der Waals surface area contributed by atoms with Gasteiger partial charge >= 0.3 is 0 Å². The number of hydrogen-bond acceptors (Lipinski definition) is 4. The largest absolute Gasteiger partial charge is 0.385 e. The summed E-state index contributed by atoms with van der Waals surface area (Å²) in [6.07, 6.45) is 4.42. The van der Waals surface area contributed by atoms with Crippen LogP contribution in [0.1, 0.15) is 36.8 Å². The number of aliphatic hydroxyl groups is 1. The van der Waals surface area contributed by atoms with E-state index in [9.17, 15) is 9.90 Å². The molecule has 0 spiro atoms. The van der Waals surface area contributed by atoms with Crippen LogP contribution < -0.4 is 0 Å². The molecule has 4 heteroatoms. The van der Waals surface area contributed by atoms with Gasteiger partial charge in [-0.05, 0) is 12.8 Å². The summed E-state index contributed by atoms with van der Waals surface area (Å²) in [7, 11) is 0. The van der Waals surface area contributed by atoms with Gasteiger partial charge in [0.05, 0.1) is 5.92 Å². The molecule has 14 heavy (non-hydrogen) atoms. The maximum Gasteiger partial charge on any atom is 0.139 e. The molecular weight excluding hydrogens is 198 g/mol. The van der Waals surface area contributed by atoms with E-state index in [4.69, 9.17) is 0 Å². The number of carbonyl (C=O) groups excluding carboxylic acids is 1. The Balaban J connectivity index is 2.10.